The fourth-order valence-corrected chi connectivity index (χ4v) is 1.84. The molecule has 0 amide bonds. The number of carbonyl (C=O) groups excluding carboxylic acids is 1. The first kappa shape index (κ1) is 10.1. The van der Waals surface area contributed by atoms with E-state index in [-0.39, 0.29) is 0 Å². The number of aromatic nitrogens is 1. The monoisotopic (exact) mass is 223 g/mol. The molecule has 0 saturated carbocycles. The maximum Gasteiger partial charge on any atom is 0.418 e. The lowest BCUT2D eigenvalue weighted by molar-refractivity contribution is 0.174. The fraction of sp³-hybridized carbons (Fsp3) is 0.182. The van der Waals surface area contributed by atoms with Gasteiger partial charge < -0.3 is 4.74 Å². The lowest BCUT2D eigenvalue weighted by Gasteiger charge is -2.02. The second-order valence-corrected chi connectivity index (χ2v) is 3.41. The summed E-state index contributed by atoms with van der Waals surface area (Å²) >= 11 is 5.80. The highest BCUT2D eigenvalue weighted by Crippen LogP contribution is 2.21. The summed E-state index contributed by atoms with van der Waals surface area (Å²) in [5.74, 6) is 0.433. The Morgan fingerprint density at radius 1 is 1.47 bits per heavy atom. The zero-order chi connectivity index (χ0) is 10.8. The Bertz CT molecular complexity index is 504. The van der Waals surface area contributed by atoms with Gasteiger partial charge >= 0.3 is 6.09 Å². The molecule has 2 aromatic rings. The van der Waals surface area contributed by atoms with Crippen molar-refractivity contribution in [3.63, 3.8) is 0 Å². The SMILES string of the molecule is COC(=O)n1ccc2c(CCl)cccc21. The molecule has 0 aliphatic carbocycles. The van der Waals surface area contributed by atoms with E-state index in [4.69, 9.17) is 11.6 Å². The summed E-state index contributed by atoms with van der Waals surface area (Å²) in [6.45, 7) is 0. The summed E-state index contributed by atoms with van der Waals surface area (Å²) < 4.78 is 6.13. The predicted octanol–water partition coefficient (Wildman–Crippen LogP) is 2.99. The second kappa shape index (κ2) is 3.95. The van der Waals surface area contributed by atoms with Crippen molar-refractivity contribution in [2.75, 3.05) is 7.11 Å². The van der Waals surface area contributed by atoms with Crippen molar-refractivity contribution in [2.24, 2.45) is 0 Å². The molecule has 1 heterocycles. The topological polar surface area (TPSA) is 31.2 Å². The van der Waals surface area contributed by atoms with E-state index in [0.717, 1.165) is 16.5 Å². The zero-order valence-electron chi connectivity index (χ0n) is 8.24. The molecule has 0 aliphatic heterocycles. The lowest BCUT2D eigenvalue weighted by atomic mass is 10.1. The molecule has 0 N–H and O–H groups in total. The van der Waals surface area contributed by atoms with Gasteiger partial charge in [0.1, 0.15) is 0 Å². The fourth-order valence-electron chi connectivity index (χ4n) is 1.61. The quantitative estimate of drug-likeness (QED) is 0.696. The van der Waals surface area contributed by atoms with Gasteiger partial charge in [-0.15, -0.1) is 11.6 Å². The van der Waals surface area contributed by atoms with Gasteiger partial charge in [-0.25, -0.2) is 4.79 Å². The van der Waals surface area contributed by atoms with Crippen LogP contribution in [-0.2, 0) is 10.6 Å². The van der Waals surface area contributed by atoms with Crippen LogP contribution in [0.4, 0.5) is 4.79 Å². The van der Waals surface area contributed by atoms with Crippen molar-refractivity contribution >= 4 is 28.6 Å². The molecule has 0 saturated heterocycles. The Morgan fingerprint density at radius 3 is 2.93 bits per heavy atom. The number of fused-ring (bicyclic) bond motifs is 1. The Labute approximate surface area is 92.2 Å². The third-order valence-corrected chi connectivity index (χ3v) is 2.63. The number of rotatable bonds is 1. The van der Waals surface area contributed by atoms with Crippen molar-refractivity contribution in [3.05, 3.63) is 36.0 Å². The first-order chi connectivity index (χ1) is 7.27. The van der Waals surface area contributed by atoms with Crippen LogP contribution in [0.15, 0.2) is 30.5 Å². The number of ether oxygens (including phenoxy) is 1. The summed E-state index contributed by atoms with van der Waals surface area (Å²) in [5, 5.41) is 0.984. The molecule has 78 valence electrons. The molecular weight excluding hydrogens is 214 g/mol. The Kier molecular flexibility index (Phi) is 2.64. The molecule has 0 radical (unpaired) electrons. The highest BCUT2D eigenvalue weighted by Gasteiger charge is 2.09. The number of nitrogens with zero attached hydrogens (tertiary/aromatic N) is 1. The van der Waals surface area contributed by atoms with Gasteiger partial charge in [-0.1, -0.05) is 12.1 Å². The summed E-state index contributed by atoms with van der Waals surface area (Å²) in [4.78, 5) is 11.4. The maximum absolute atomic E-state index is 11.4. The van der Waals surface area contributed by atoms with E-state index < -0.39 is 6.09 Å². The summed E-state index contributed by atoms with van der Waals surface area (Å²) in [7, 11) is 1.36. The molecule has 0 aliphatic rings. The summed E-state index contributed by atoms with van der Waals surface area (Å²) in [6, 6.07) is 7.54. The van der Waals surface area contributed by atoms with Crippen LogP contribution in [0, 0.1) is 0 Å². The number of carbonyl (C=O) groups is 1. The van der Waals surface area contributed by atoms with Crippen LogP contribution >= 0.6 is 11.6 Å². The van der Waals surface area contributed by atoms with Gasteiger partial charge in [0.05, 0.1) is 12.6 Å². The second-order valence-electron chi connectivity index (χ2n) is 3.14. The van der Waals surface area contributed by atoms with Gasteiger partial charge in [0.15, 0.2) is 0 Å². The predicted molar refractivity (Wildman–Crippen MR) is 59.3 cm³/mol. The first-order valence-electron chi connectivity index (χ1n) is 4.51. The van der Waals surface area contributed by atoms with Crippen molar-refractivity contribution in [2.45, 2.75) is 5.88 Å². The highest BCUT2D eigenvalue weighted by molar-refractivity contribution is 6.18. The van der Waals surface area contributed by atoms with Crippen LogP contribution in [0.1, 0.15) is 5.56 Å². The van der Waals surface area contributed by atoms with E-state index in [2.05, 4.69) is 4.74 Å². The van der Waals surface area contributed by atoms with Crippen LogP contribution in [0.5, 0.6) is 0 Å². The number of methoxy groups -OCH3 is 1. The van der Waals surface area contributed by atoms with Gasteiger partial charge in [0, 0.05) is 17.5 Å². The third-order valence-electron chi connectivity index (χ3n) is 2.34. The molecule has 0 atom stereocenters. The van der Waals surface area contributed by atoms with Crippen molar-refractivity contribution in [3.8, 4) is 0 Å². The smallest absolute Gasteiger partial charge is 0.418 e. The van der Waals surface area contributed by atoms with Crippen LogP contribution in [-0.4, -0.2) is 17.8 Å². The van der Waals surface area contributed by atoms with Crippen molar-refractivity contribution in [1.29, 1.82) is 0 Å². The number of benzene rings is 1. The van der Waals surface area contributed by atoms with E-state index in [0.29, 0.717) is 5.88 Å². The molecule has 15 heavy (non-hydrogen) atoms. The third kappa shape index (κ3) is 1.59. The molecule has 1 aromatic carbocycles. The highest BCUT2D eigenvalue weighted by atomic mass is 35.5. The average Bonchev–Trinajstić information content (AvgIpc) is 2.71. The van der Waals surface area contributed by atoms with E-state index in [9.17, 15) is 4.79 Å². The minimum absolute atomic E-state index is 0.392. The van der Waals surface area contributed by atoms with Crippen LogP contribution < -0.4 is 0 Å². The average molecular weight is 224 g/mol. The summed E-state index contributed by atoms with van der Waals surface area (Å²) in [5.41, 5.74) is 1.83. The van der Waals surface area contributed by atoms with E-state index >= 15 is 0 Å². The molecule has 4 heteroatoms. The van der Waals surface area contributed by atoms with Crippen LogP contribution in [0.2, 0.25) is 0 Å². The molecule has 1 aromatic heterocycles. The van der Waals surface area contributed by atoms with E-state index in [1.54, 1.807) is 6.20 Å². The minimum atomic E-state index is -0.392. The molecule has 0 spiro atoms. The molecule has 3 nitrogen and oxygen atoms in total. The normalized spacial score (nSPS) is 10.5. The van der Waals surface area contributed by atoms with Crippen molar-refractivity contribution < 1.29 is 9.53 Å². The number of alkyl halides is 1. The van der Waals surface area contributed by atoms with E-state index in [1.165, 1.54) is 11.7 Å². The van der Waals surface area contributed by atoms with Crippen LogP contribution in [0.3, 0.4) is 0 Å². The number of halogens is 1. The Balaban J connectivity index is 2.66. The number of hydrogen-bond donors (Lipinski definition) is 0. The lowest BCUT2D eigenvalue weighted by Crippen LogP contribution is -2.09. The standard InChI is InChI=1S/C11H10ClNO2/c1-15-11(14)13-6-5-9-8(7-12)3-2-4-10(9)13/h2-6H,7H2,1H3. The Morgan fingerprint density at radius 2 is 2.27 bits per heavy atom. The maximum atomic E-state index is 11.4. The molecule has 2 rings (SSSR count). The zero-order valence-corrected chi connectivity index (χ0v) is 8.99. The van der Waals surface area contributed by atoms with Crippen LogP contribution in [0.25, 0.3) is 10.9 Å². The molecule has 0 fully saturated rings. The van der Waals surface area contributed by atoms with Gasteiger partial charge in [-0.05, 0) is 17.7 Å². The molecular formula is C11H10ClNO2. The number of hydrogen-bond acceptors (Lipinski definition) is 2. The Hall–Kier alpha value is -1.48. The molecule has 0 bridgehead atoms. The van der Waals surface area contributed by atoms with Gasteiger partial charge in [0.25, 0.3) is 0 Å². The summed E-state index contributed by atoms with van der Waals surface area (Å²) in [6.07, 6.45) is 1.30. The molecule has 0 unspecified atom stereocenters. The van der Waals surface area contributed by atoms with Gasteiger partial charge in [0.2, 0.25) is 0 Å². The van der Waals surface area contributed by atoms with E-state index in [1.807, 2.05) is 24.3 Å². The largest absolute Gasteiger partial charge is 0.452 e. The van der Waals surface area contributed by atoms with Gasteiger partial charge in [-0.3, -0.25) is 4.57 Å². The van der Waals surface area contributed by atoms with Crippen molar-refractivity contribution in [1.82, 2.24) is 4.57 Å². The first-order valence-corrected chi connectivity index (χ1v) is 5.04. The minimum Gasteiger partial charge on any atom is -0.452 e. The van der Waals surface area contributed by atoms with Gasteiger partial charge in [-0.2, -0.15) is 0 Å².